The van der Waals surface area contributed by atoms with Crippen molar-refractivity contribution in [1.29, 1.82) is 0 Å². The number of rotatable bonds is 6. The van der Waals surface area contributed by atoms with Crippen LogP contribution in [-0.4, -0.2) is 25.1 Å². The van der Waals surface area contributed by atoms with Gasteiger partial charge in [0.1, 0.15) is 5.75 Å². The van der Waals surface area contributed by atoms with Crippen molar-refractivity contribution in [2.24, 2.45) is 0 Å². The van der Waals surface area contributed by atoms with E-state index in [9.17, 15) is 9.59 Å². The zero-order valence-corrected chi connectivity index (χ0v) is 15.1. The van der Waals surface area contributed by atoms with Crippen LogP contribution in [0.1, 0.15) is 11.1 Å². The van der Waals surface area contributed by atoms with Gasteiger partial charge in [-0.1, -0.05) is 40.2 Å². The lowest BCUT2D eigenvalue weighted by Gasteiger charge is -2.11. The van der Waals surface area contributed by atoms with E-state index in [4.69, 9.17) is 9.47 Å². The van der Waals surface area contributed by atoms with Crippen molar-refractivity contribution in [3.05, 3.63) is 58.1 Å². The quantitative estimate of drug-likeness (QED) is 0.763. The molecule has 1 amide bonds. The van der Waals surface area contributed by atoms with E-state index < -0.39 is 11.9 Å². The molecule has 0 saturated heterocycles. The lowest BCUT2D eigenvalue weighted by Crippen LogP contribution is -2.23. The number of hydrogen-bond acceptors (Lipinski definition) is 4. The van der Waals surface area contributed by atoms with Crippen molar-refractivity contribution in [3.63, 3.8) is 0 Å². The number of anilines is 1. The fourth-order valence-electron chi connectivity index (χ4n) is 2.11. The molecule has 6 heteroatoms. The van der Waals surface area contributed by atoms with Crippen LogP contribution in [0.3, 0.4) is 0 Å². The predicted octanol–water partition coefficient (Wildman–Crippen LogP) is 3.63. The van der Waals surface area contributed by atoms with Crippen molar-refractivity contribution in [2.75, 3.05) is 18.5 Å². The Morgan fingerprint density at radius 2 is 1.71 bits per heavy atom. The molecule has 1 N–H and O–H groups in total. The van der Waals surface area contributed by atoms with Gasteiger partial charge in [0.05, 0.1) is 0 Å². The average molecular weight is 392 g/mol. The molecule has 24 heavy (non-hydrogen) atoms. The lowest BCUT2D eigenvalue weighted by atomic mass is 10.1. The molecule has 0 aliphatic carbocycles. The zero-order chi connectivity index (χ0) is 17.5. The van der Waals surface area contributed by atoms with E-state index in [1.54, 1.807) is 18.2 Å². The summed E-state index contributed by atoms with van der Waals surface area (Å²) < 4.78 is 11.2. The molecule has 0 aliphatic rings. The summed E-state index contributed by atoms with van der Waals surface area (Å²) in [5.41, 5.74) is 2.50. The number of amides is 1. The first-order chi connectivity index (χ1) is 11.5. The van der Waals surface area contributed by atoms with E-state index in [-0.39, 0.29) is 13.2 Å². The second-order valence-corrected chi connectivity index (χ2v) is 6.14. The topological polar surface area (TPSA) is 64.6 Å². The number of aryl methyl sites for hydroxylation is 2. The van der Waals surface area contributed by atoms with Crippen molar-refractivity contribution in [2.45, 2.75) is 13.8 Å². The van der Waals surface area contributed by atoms with Gasteiger partial charge >= 0.3 is 5.97 Å². The molecule has 2 aromatic rings. The molecule has 0 aliphatic heterocycles. The third kappa shape index (κ3) is 5.38. The summed E-state index contributed by atoms with van der Waals surface area (Å²) in [5.74, 6) is -0.344. The molecule has 0 aromatic heterocycles. The number of benzene rings is 2. The Balaban J connectivity index is 1.78. The minimum Gasteiger partial charge on any atom is -0.481 e. The molecule has 0 unspecified atom stereocenters. The Labute approximate surface area is 149 Å². The van der Waals surface area contributed by atoms with Crippen molar-refractivity contribution < 1.29 is 19.1 Å². The highest BCUT2D eigenvalue weighted by Crippen LogP contribution is 2.22. The smallest absolute Gasteiger partial charge is 0.344 e. The van der Waals surface area contributed by atoms with Gasteiger partial charge in [0.15, 0.2) is 13.2 Å². The SMILES string of the molecule is Cc1cccc(C)c1OCC(=O)OCC(=O)Nc1cccc(Br)c1. The van der Waals surface area contributed by atoms with Crippen molar-refractivity contribution in [1.82, 2.24) is 0 Å². The van der Waals surface area contributed by atoms with Crippen LogP contribution in [0.5, 0.6) is 5.75 Å². The van der Waals surface area contributed by atoms with Gasteiger partial charge in [-0.15, -0.1) is 0 Å². The summed E-state index contributed by atoms with van der Waals surface area (Å²) in [6.45, 7) is 3.20. The predicted molar refractivity (Wildman–Crippen MR) is 95.1 cm³/mol. The number of halogens is 1. The highest BCUT2D eigenvalue weighted by atomic mass is 79.9. The monoisotopic (exact) mass is 391 g/mol. The van der Waals surface area contributed by atoms with Crippen LogP contribution in [0.25, 0.3) is 0 Å². The molecule has 0 heterocycles. The number of carbonyl (C=O) groups is 2. The van der Waals surface area contributed by atoms with Crippen LogP contribution in [0.2, 0.25) is 0 Å². The fraction of sp³-hybridized carbons (Fsp3) is 0.222. The Hall–Kier alpha value is -2.34. The second-order valence-electron chi connectivity index (χ2n) is 5.23. The van der Waals surface area contributed by atoms with E-state index >= 15 is 0 Å². The molecular formula is C18H18BrNO4. The minimum atomic E-state index is -0.595. The minimum absolute atomic E-state index is 0.240. The highest BCUT2D eigenvalue weighted by Gasteiger charge is 2.11. The van der Waals surface area contributed by atoms with E-state index in [1.165, 1.54) is 0 Å². The van der Waals surface area contributed by atoms with Crippen LogP contribution >= 0.6 is 15.9 Å². The van der Waals surface area contributed by atoms with Gasteiger partial charge in [-0.25, -0.2) is 4.79 Å². The first-order valence-electron chi connectivity index (χ1n) is 7.36. The molecule has 0 atom stereocenters. The third-order valence-electron chi connectivity index (χ3n) is 3.22. The Kier molecular flexibility index (Phi) is 6.37. The summed E-state index contributed by atoms with van der Waals surface area (Å²) in [6.07, 6.45) is 0. The average Bonchev–Trinajstić information content (AvgIpc) is 2.52. The summed E-state index contributed by atoms with van der Waals surface area (Å²) in [7, 11) is 0. The Morgan fingerprint density at radius 1 is 1.04 bits per heavy atom. The van der Waals surface area contributed by atoms with Gasteiger partial charge in [-0.05, 0) is 43.2 Å². The number of hydrogen-bond donors (Lipinski definition) is 1. The molecule has 0 fully saturated rings. The van der Waals surface area contributed by atoms with Gasteiger partial charge in [-0.2, -0.15) is 0 Å². The maximum atomic E-state index is 11.8. The van der Waals surface area contributed by atoms with Gasteiger partial charge in [-0.3, -0.25) is 4.79 Å². The zero-order valence-electron chi connectivity index (χ0n) is 13.5. The van der Waals surface area contributed by atoms with Gasteiger partial charge in [0, 0.05) is 10.2 Å². The number of nitrogens with one attached hydrogen (secondary N) is 1. The molecule has 0 radical (unpaired) electrons. The van der Waals surface area contributed by atoms with E-state index in [0.717, 1.165) is 15.6 Å². The summed E-state index contributed by atoms with van der Waals surface area (Å²) >= 11 is 3.32. The standard InChI is InChI=1S/C18H18BrNO4/c1-12-5-3-6-13(2)18(12)24-11-17(22)23-10-16(21)20-15-8-4-7-14(19)9-15/h3-9H,10-11H2,1-2H3,(H,20,21). The highest BCUT2D eigenvalue weighted by molar-refractivity contribution is 9.10. The second kappa shape index (κ2) is 8.49. The maximum Gasteiger partial charge on any atom is 0.344 e. The fourth-order valence-corrected chi connectivity index (χ4v) is 2.51. The number of esters is 1. The Bertz CT molecular complexity index is 725. The van der Waals surface area contributed by atoms with Crippen LogP contribution in [0, 0.1) is 13.8 Å². The van der Waals surface area contributed by atoms with E-state index in [2.05, 4.69) is 21.2 Å². The molecular weight excluding hydrogens is 374 g/mol. The first-order valence-corrected chi connectivity index (χ1v) is 8.15. The summed E-state index contributed by atoms with van der Waals surface area (Å²) in [5, 5.41) is 2.64. The van der Waals surface area contributed by atoms with Crippen molar-refractivity contribution >= 4 is 33.5 Å². The van der Waals surface area contributed by atoms with Crippen LogP contribution in [0.15, 0.2) is 46.9 Å². The Morgan fingerprint density at radius 3 is 2.38 bits per heavy atom. The summed E-state index contributed by atoms with van der Waals surface area (Å²) in [6, 6.07) is 12.9. The van der Waals surface area contributed by atoms with E-state index in [1.807, 2.05) is 38.1 Å². The van der Waals surface area contributed by atoms with E-state index in [0.29, 0.717) is 11.4 Å². The van der Waals surface area contributed by atoms with Gasteiger partial charge in [0.2, 0.25) is 0 Å². The largest absolute Gasteiger partial charge is 0.481 e. The lowest BCUT2D eigenvalue weighted by molar-refractivity contribution is -0.149. The number of ether oxygens (including phenoxy) is 2. The van der Waals surface area contributed by atoms with Gasteiger partial charge in [0.25, 0.3) is 5.91 Å². The normalized spacial score (nSPS) is 10.1. The van der Waals surface area contributed by atoms with Crippen LogP contribution in [-0.2, 0) is 14.3 Å². The molecule has 0 saturated carbocycles. The van der Waals surface area contributed by atoms with Crippen molar-refractivity contribution in [3.8, 4) is 5.75 Å². The maximum absolute atomic E-state index is 11.8. The van der Waals surface area contributed by atoms with Gasteiger partial charge < -0.3 is 14.8 Å². The molecule has 0 bridgehead atoms. The molecule has 2 rings (SSSR count). The molecule has 5 nitrogen and oxygen atoms in total. The summed E-state index contributed by atoms with van der Waals surface area (Å²) in [4.78, 5) is 23.5. The van der Waals surface area contributed by atoms with Crippen LogP contribution < -0.4 is 10.1 Å². The first kappa shape index (κ1) is 18.0. The number of carbonyl (C=O) groups excluding carboxylic acids is 2. The molecule has 126 valence electrons. The molecule has 2 aromatic carbocycles. The third-order valence-corrected chi connectivity index (χ3v) is 3.71. The van der Waals surface area contributed by atoms with Crippen LogP contribution in [0.4, 0.5) is 5.69 Å². The molecule has 0 spiro atoms. The number of para-hydroxylation sites is 1.